The highest BCUT2D eigenvalue weighted by molar-refractivity contribution is 7.17. The second kappa shape index (κ2) is 6.98. The van der Waals surface area contributed by atoms with Crippen molar-refractivity contribution < 1.29 is 5.11 Å². The van der Waals surface area contributed by atoms with Crippen molar-refractivity contribution in [2.75, 3.05) is 28.7 Å². The molecule has 0 radical (unpaired) electrons. The molecule has 1 aliphatic heterocycles. The molecule has 0 bridgehead atoms. The van der Waals surface area contributed by atoms with Crippen LogP contribution in [0.4, 0.5) is 23.1 Å². The summed E-state index contributed by atoms with van der Waals surface area (Å²) in [5, 5.41) is 18.4. The number of thiophene rings is 1. The molecular formula is C20H23N5OS. The first kappa shape index (κ1) is 16.8. The molecule has 7 heteroatoms. The molecule has 3 heterocycles. The van der Waals surface area contributed by atoms with E-state index in [1.165, 1.54) is 12.8 Å². The Kier molecular flexibility index (Phi) is 4.33. The second-order valence-corrected chi connectivity index (χ2v) is 8.21. The molecule has 2 aromatic heterocycles. The van der Waals surface area contributed by atoms with E-state index in [2.05, 4.69) is 50.2 Å². The van der Waals surface area contributed by atoms with Gasteiger partial charge in [0.15, 0.2) is 0 Å². The molecule has 3 N–H and O–H groups in total. The number of aliphatic hydroxyl groups is 1. The van der Waals surface area contributed by atoms with Crippen molar-refractivity contribution in [3.63, 3.8) is 0 Å². The molecular weight excluding hydrogens is 358 g/mol. The normalized spacial score (nSPS) is 19.6. The summed E-state index contributed by atoms with van der Waals surface area (Å²) in [5.41, 5.74) is 3.09. The van der Waals surface area contributed by atoms with E-state index in [-0.39, 0.29) is 12.6 Å². The number of fused-ring (bicyclic) bond motifs is 1. The zero-order chi connectivity index (χ0) is 18.2. The van der Waals surface area contributed by atoms with Crippen molar-refractivity contribution in [1.29, 1.82) is 0 Å². The van der Waals surface area contributed by atoms with Crippen molar-refractivity contribution in [2.45, 2.75) is 37.8 Å². The molecule has 1 aromatic carbocycles. The lowest BCUT2D eigenvalue weighted by Crippen LogP contribution is -2.31. The summed E-state index contributed by atoms with van der Waals surface area (Å²) in [6, 6.07) is 11.1. The number of aliphatic hydroxyl groups excluding tert-OH is 1. The van der Waals surface area contributed by atoms with Crippen LogP contribution in [0.5, 0.6) is 0 Å². The molecule has 5 rings (SSSR count). The molecule has 3 aromatic rings. The van der Waals surface area contributed by atoms with Crippen LogP contribution in [0, 0.1) is 0 Å². The number of hydrogen-bond acceptors (Lipinski definition) is 7. The van der Waals surface area contributed by atoms with Crippen LogP contribution < -0.4 is 15.5 Å². The minimum atomic E-state index is 0.214. The van der Waals surface area contributed by atoms with Gasteiger partial charge in [-0.1, -0.05) is 0 Å². The average Bonchev–Trinajstić information content (AvgIpc) is 3.18. The molecule has 0 amide bonds. The summed E-state index contributed by atoms with van der Waals surface area (Å²) in [6.07, 6.45) is 4.62. The summed E-state index contributed by atoms with van der Waals surface area (Å²) in [6.45, 7) is 1.22. The van der Waals surface area contributed by atoms with Gasteiger partial charge in [-0.05, 0) is 61.4 Å². The third-order valence-corrected chi connectivity index (χ3v) is 6.18. The van der Waals surface area contributed by atoms with Crippen LogP contribution in [0.2, 0.25) is 0 Å². The van der Waals surface area contributed by atoms with Gasteiger partial charge in [-0.3, -0.25) is 0 Å². The molecule has 140 valence electrons. The first-order valence-electron chi connectivity index (χ1n) is 9.56. The Labute approximate surface area is 162 Å². The van der Waals surface area contributed by atoms with Crippen LogP contribution >= 0.6 is 11.3 Å². The minimum absolute atomic E-state index is 0.214. The Morgan fingerprint density at radius 2 is 1.96 bits per heavy atom. The van der Waals surface area contributed by atoms with E-state index in [1.54, 1.807) is 11.3 Å². The van der Waals surface area contributed by atoms with Crippen LogP contribution in [0.15, 0.2) is 35.7 Å². The number of anilines is 4. The zero-order valence-corrected chi connectivity index (χ0v) is 15.9. The fourth-order valence-electron chi connectivity index (χ4n) is 3.67. The lowest BCUT2D eigenvalue weighted by atomic mass is 10.2. The molecule has 1 aliphatic carbocycles. The van der Waals surface area contributed by atoms with Gasteiger partial charge < -0.3 is 20.6 Å². The molecule has 0 spiro atoms. The molecule has 2 aliphatic rings. The summed E-state index contributed by atoms with van der Waals surface area (Å²) >= 11 is 1.68. The third kappa shape index (κ3) is 3.44. The number of aromatic nitrogens is 2. The van der Waals surface area contributed by atoms with E-state index in [0.717, 1.165) is 46.8 Å². The Morgan fingerprint density at radius 1 is 1.11 bits per heavy atom. The number of benzene rings is 1. The van der Waals surface area contributed by atoms with Gasteiger partial charge in [0.2, 0.25) is 5.95 Å². The Morgan fingerprint density at radius 3 is 2.74 bits per heavy atom. The van der Waals surface area contributed by atoms with E-state index in [4.69, 9.17) is 4.98 Å². The van der Waals surface area contributed by atoms with Crippen LogP contribution in [-0.4, -0.2) is 40.3 Å². The van der Waals surface area contributed by atoms with Gasteiger partial charge in [0.05, 0.1) is 22.9 Å². The van der Waals surface area contributed by atoms with E-state index in [0.29, 0.717) is 12.0 Å². The molecule has 1 atom stereocenters. The fraction of sp³-hybridized carbons (Fsp3) is 0.400. The minimum Gasteiger partial charge on any atom is -0.394 e. The van der Waals surface area contributed by atoms with Crippen LogP contribution in [0.25, 0.3) is 10.2 Å². The van der Waals surface area contributed by atoms with Crippen LogP contribution in [-0.2, 0) is 0 Å². The summed E-state index contributed by atoms with van der Waals surface area (Å²) in [5.74, 6) is 1.55. The highest BCUT2D eigenvalue weighted by Gasteiger charge is 2.24. The summed E-state index contributed by atoms with van der Waals surface area (Å²) < 4.78 is 1.12. The van der Waals surface area contributed by atoms with E-state index >= 15 is 0 Å². The molecule has 6 nitrogen and oxygen atoms in total. The average molecular weight is 382 g/mol. The van der Waals surface area contributed by atoms with Crippen LogP contribution in [0.1, 0.15) is 25.7 Å². The lowest BCUT2D eigenvalue weighted by molar-refractivity contribution is 0.266. The third-order valence-electron chi connectivity index (χ3n) is 5.26. The van der Waals surface area contributed by atoms with Crippen molar-refractivity contribution in [2.24, 2.45) is 0 Å². The highest BCUT2D eigenvalue weighted by atomic mass is 32.1. The van der Waals surface area contributed by atoms with Crippen LogP contribution in [0.3, 0.4) is 0 Å². The van der Waals surface area contributed by atoms with E-state index in [9.17, 15) is 5.11 Å². The molecule has 0 unspecified atom stereocenters. The van der Waals surface area contributed by atoms with Gasteiger partial charge in [0.25, 0.3) is 0 Å². The largest absolute Gasteiger partial charge is 0.394 e. The van der Waals surface area contributed by atoms with Crippen molar-refractivity contribution in [3.05, 3.63) is 35.7 Å². The van der Waals surface area contributed by atoms with Gasteiger partial charge in [0.1, 0.15) is 5.82 Å². The van der Waals surface area contributed by atoms with Gasteiger partial charge in [-0.15, -0.1) is 11.3 Å². The Hall–Kier alpha value is -2.38. The summed E-state index contributed by atoms with van der Waals surface area (Å²) in [7, 11) is 0. The second-order valence-electron chi connectivity index (χ2n) is 7.29. The standard InChI is InChI=1S/C20H23N5OS/c26-12-16-2-1-10-25(16)15-7-5-14(6-8-15)22-20-23-17-9-11-27-18(17)19(24-20)21-13-3-4-13/h5-9,11,13,16,26H,1-4,10,12H2,(H2,21,22,23,24)/t16-/m1/s1. The topological polar surface area (TPSA) is 73.3 Å². The number of hydrogen-bond donors (Lipinski definition) is 3. The maximum atomic E-state index is 9.53. The molecule has 1 saturated heterocycles. The fourth-order valence-corrected chi connectivity index (χ4v) is 4.45. The predicted octanol–water partition coefficient (Wildman–Crippen LogP) is 3.97. The number of nitrogens with one attached hydrogen (secondary N) is 2. The van der Waals surface area contributed by atoms with Gasteiger partial charge >= 0.3 is 0 Å². The maximum Gasteiger partial charge on any atom is 0.229 e. The van der Waals surface area contributed by atoms with Crippen molar-refractivity contribution in [3.8, 4) is 0 Å². The lowest BCUT2D eigenvalue weighted by Gasteiger charge is -2.25. The number of rotatable bonds is 6. The molecule has 27 heavy (non-hydrogen) atoms. The predicted molar refractivity (Wildman–Crippen MR) is 111 cm³/mol. The van der Waals surface area contributed by atoms with Crippen molar-refractivity contribution in [1.82, 2.24) is 9.97 Å². The maximum absolute atomic E-state index is 9.53. The molecule has 2 fully saturated rings. The smallest absolute Gasteiger partial charge is 0.229 e. The van der Waals surface area contributed by atoms with E-state index < -0.39 is 0 Å². The summed E-state index contributed by atoms with van der Waals surface area (Å²) in [4.78, 5) is 11.6. The van der Waals surface area contributed by atoms with Gasteiger partial charge in [-0.2, -0.15) is 4.98 Å². The van der Waals surface area contributed by atoms with Crippen molar-refractivity contribution >= 4 is 44.7 Å². The zero-order valence-electron chi connectivity index (χ0n) is 15.1. The Balaban J connectivity index is 1.37. The number of nitrogens with zero attached hydrogens (tertiary/aromatic N) is 3. The Bertz CT molecular complexity index is 937. The SMILES string of the molecule is OC[C@H]1CCCN1c1ccc(Nc2nc(NC3CC3)c3sccc3n2)cc1. The first-order valence-corrected chi connectivity index (χ1v) is 10.4. The monoisotopic (exact) mass is 381 g/mol. The van der Waals surface area contributed by atoms with Gasteiger partial charge in [-0.25, -0.2) is 4.98 Å². The highest BCUT2D eigenvalue weighted by Crippen LogP contribution is 2.33. The first-order chi connectivity index (χ1) is 13.3. The van der Waals surface area contributed by atoms with E-state index in [1.807, 2.05) is 6.07 Å². The molecule has 1 saturated carbocycles. The quantitative estimate of drug-likeness (QED) is 0.600. The van der Waals surface area contributed by atoms with Gasteiger partial charge in [0, 0.05) is 24.0 Å².